The number of fused-ring (bicyclic) bond motifs is 1. The number of benzene rings is 2. The average Bonchev–Trinajstić information content (AvgIpc) is 3.34. The van der Waals surface area contributed by atoms with Crippen molar-refractivity contribution in [1.29, 1.82) is 0 Å². The molecule has 1 amide bonds. The molecule has 32 heavy (non-hydrogen) atoms. The number of carbonyl (C=O) groups is 2. The lowest BCUT2D eigenvalue weighted by atomic mass is 10.1. The first kappa shape index (κ1) is 22.0. The van der Waals surface area contributed by atoms with Crippen molar-refractivity contribution in [1.82, 2.24) is 9.55 Å². The second-order valence-corrected chi connectivity index (χ2v) is 8.84. The van der Waals surface area contributed by atoms with E-state index in [0.717, 1.165) is 14.8 Å². The van der Waals surface area contributed by atoms with E-state index in [1.807, 2.05) is 17.7 Å². The number of halogens is 1. The number of aromatic hydroxyl groups is 1. The number of aromatic carboxylic acids is 1. The van der Waals surface area contributed by atoms with Crippen LogP contribution in [-0.4, -0.2) is 43.0 Å². The first-order valence-corrected chi connectivity index (χ1v) is 11.2. The van der Waals surface area contributed by atoms with Gasteiger partial charge in [-0.1, -0.05) is 12.1 Å². The third-order valence-corrected chi connectivity index (χ3v) is 6.63. The number of aliphatic hydroxyl groups is 1. The summed E-state index contributed by atoms with van der Waals surface area (Å²) in [5.41, 5.74) is 2.53. The van der Waals surface area contributed by atoms with Crippen molar-refractivity contribution in [2.24, 2.45) is 7.05 Å². The van der Waals surface area contributed by atoms with Crippen LogP contribution < -0.4 is 10.6 Å². The predicted octanol–water partition coefficient (Wildman–Crippen LogP) is 3.68. The van der Waals surface area contributed by atoms with E-state index in [1.165, 1.54) is 23.5 Å². The molecule has 4 rings (SSSR count). The van der Waals surface area contributed by atoms with Crippen molar-refractivity contribution in [3.63, 3.8) is 0 Å². The average molecular weight is 564 g/mol. The number of aromatic nitrogens is 2. The number of nitrogens with zero attached hydrogens (tertiary/aromatic N) is 2. The Hall–Kier alpha value is -3.16. The van der Waals surface area contributed by atoms with Crippen molar-refractivity contribution in [2.45, 2.75) is 6.23 Å². The van der Waals surface area contributed by atoms with Gasteiger partial charge in [-0.3, -0.25) is 4.79 Å². The fourth-order valence-electron chi connectivity index (χ4n) is 3.35. The van der Waals surface area contributed by atoms with Crippen molar-refractivity contribution in [3.05, 3.63) is 57.1 Å². The number of carbonyl (C=O) groups excluding carboxylic acids is 1. The fraction of sp³-hybridized carbons (Fsp3) is 0.0952. The number of amides is 1. The Kier molecular flexibility index (Phi) is 6.04. The number of aliphatic hydroxyl groups excluding tert-OH is 1. The molecule has 4 aromatic rings. The van der Waals surface area contributed by atoms with Crippen LogP contribution in [0.15, 0.2) is 48.0 Å². The van der Waals surface area contributed by atoms with E-state index in [9.17, 15) is 24.9 Å². The minimum atomic E-state index is -1.47. The molecular formula is C21H17IN4O5S. The van der Waals surface area contributed by atoms with Crippen LogP contribution in [0.1, 0.15) is 10.4 Å². The van der Waals surface area contributed by atoms with E-state index in [0.29, 0.717) is 21.7 Å². The van der Waals surface area contributed by atoms with Gasteiger partial charge in [0.1, 0.15) is 11.3 Å². The SMILES string of the molecule is Cn1c(-c2cccc(NC(=O)C(O)Nc3nccs3)c2)c(I)c2cc(C(=O)O)c(O)cc21. The normalized spacial score (nSPS) is 12.0. The zero-order chi connectivity index (χ0) is 23.0. The molecule has 0 aliphatic heterocycles. The highest BCUT2D eigenvalue weighted by molar-refractivity contribution is 14.1. The monoisotopic (exact) mass is 564 g/mol. The maximum atomic E-state index is 12.4. The van der Waals surface area contributed by atoms with E-state index in [2.05, 4.69) is 38.2 Å². The number of hydrogen-bond donors (Lipinski definition) is 5. The number of nitrogens with one attached hydrogen (secondary N) is 2. The summed E-state index contributed by atoms with van der Waals surface area (Å²) in [5, 5.41) is 37.6. The largest absolute Gasteiger partial charge is 0.507 e. The molecule has 0 spiro atoms. The van der Waals surface area contributed by atoms with Gasteiger partial charge < -0.3 is 30.5 Å². The third kappa shape index (κ3) is 4.13. The maximum absolute atomic E-state index is 12.4. The molecule has 5 N–H and O–H groups in total. The van der Waals surface area contributed by atoms with Gasteiger partial charge in [0.15, 0.2) is 5.13 Å². The highest BCUT2D eigenvalue weighted by Crippen LogP contribution is 2.37. The van der Waals surface area contributed by atoms with Crippen LogP contribution in [-0.2, 0) is 11.8 Å². The van der Waals surface area contributed by atoms with Gasteiger partial charge in [-0.05, 0) is 40.8 Å². The molecule has 0 bridgehead atoms. The summed E-state index contributed by atoms with van der Waals surface area (Å²) in [6.07, 6.45) is 0.0890. The summed E-state index contributed by atoms with van der Waals surface area (Å²) in [7, 11) is 1.81. The van der Waals surface area contributed by atoms with E-state index in [4.69, 9.17) is 0 Å². The molecule has 1 atom stereocenters. The molecule has 164 valence electrons. The Morgan fingerprint density at radius 1 is 1.25 bits per heavy atom. The van der Waals surface area contributed by atoms with E-state index < -0.39 is 18.1 Å². The van der Waals surface area contributed by atoms with Gasteiger partial charge in [0.05, 0.1) is 11.2 Å². The van der Waals surface area contributed by atoms with Crippen molar-refractivity contribution >= 4 is 67.5 Å². The van der Waals surface area contributed by atoms with Crippen molar-refractivity contribution < 1.29 is 24.9 Å². The van der Waals surface area contributed by atoms with Crippen LogP contribution in [0.2, 0.25) is 0 Å². The molecule has 0 aliphatic rings. The Morgan fingerprint density at radius 2 is 2.03 bits per heavy atom. The second-order valence-electron chi connectivity index (χ2n) is 6.87. The highest BCUT2D eigenvalue weighted by atomic mass is 127. The number of anilines is 2. The molecule has 0 radical (unpaired) electrons. The fourth-order valence-corrected chi connectivity index (χ4v) is 5.01. The first-order chi connectivity index (χ1) is 15.3. The zero-order valence-corrected chi connectivity index (χ0v) is 19.5. The van der Waals surface area contributed by atoms with Gasteiger partial charge >= 0.3 is 5.97 Å². The summed E-state index contributed by atoms with van der Waals surface area (Å²) in [4.78, 5) is 27.7. The summed E-state index contributed by atoms with van der Waals surface area (Å²) in [5.74, 6) is -2.16. The quantitative estimate of drug-likeness (QED) is 0.178. The molecule has 0 fully saturated rings. The zero-order valence-electron chi connectivity index (χ0n) is 16.5. The molecule has 2 heterocycles. The number of aryl methyl sites for hydroxylation is 1. The number of carboxylic acid groups (broad SMARTS) is 1. The van der Waals surface area contributed by atoms with Gasteiger partial charge in [0.25, 0.3) is 5.91 Å². The van der Waals surface area contributed by atoms with Gasteiger partial charge in [-0.2, -0.15) is 0 Å². The summed E-state index contributed by atoms with van der Waals surface area (Å²) < 4.78 is 2.65. The Balaban J connectivity index is 1.66. The van der Waals surface area contributed by atoms with Crippen LogP contribution in [0.5, 0.6) is 5.75 Å². The van der Waals surface area contributed by atoms with E-state index >= 15 is 0 Å². The summed E-state index contributed by atoms with van der Waals surface area (Å²) >= 11 is 3.40. The van der Waals surface area contributed by atoms with E-state index in [1.54, 1.807) is 29.8 Å². The number of phenols is 1. The topological polar surface area (TPSA) is 137 Å². The highest BCUT2D eigenvalue weighted by Gasteiger charge is 2.20. The lowest BCUT2D eigenvalue weighted by Gasteiger charge is -2.13. The third-order valence-electron chi connectivity index (χ3n) is 4.83. The van der Waals surface area contributed by atoms with Crippen molar-refractivity contribution in [2.75, 3.05) is 10.6 Å². The number of rotatable bonds is 6. The molecule has 0 saturated carbocycles. The first-order valence-electron chi connectivity index (χ1n) is 9.26. The van der Waals surface area contributed by atoms with Gasteiger partial charge in [-0.15, -0.1) is 11.3 Å². The van der Waals surface area contributed by atoms with Crippen molar-refractivity contribution in [3.8, 4) is 17.0 Å². The number of hydrogen-bond acceptors (Lipinski definition) is 7. The number of thiazole rings is 1. The molecular weight excluding hydrogens is 547 g/mol. The minimum Gasteiger partial charge on any atom is -0.507 e. The van der Waals surface area contributed by atoms with Crippen LogP contribution in [0.25, 0.3) is 22.2 Å². The Bertz CT molecular complexity index is 1340. The lowest BCUT2D eigenvalue weighted by Crippen LogP contribution is -2.34. The van der Waals surface area contributed by atoms with E-state index in [-0.39, 0.29) is 11.3 Å². The standard InChI is InChI=1S/C21H17IN4O5S/c1-26-14-9-15(27)13(20(30)31)8-12(14)16(22)17(26)10-3-2-4-11(7-10)24-18(28)19(29)25-21-23-5-6-32-21/h2-9,19,27,29H,1H3,(H,23,25)(H,24,28)(H,30,31). The van der Waals surface area contributed by atoms with Gasteiger partial charge in [0, 0.05) is 44.9 Å². The summed E-state index contributed by atoms with van der Waals surface area (Å²) in [6.45, 7) is 0. The lowest BCUT2D eigenvalue weighted by molar-refractivity contribution is -0.122. The molecule has 9 nitrogen and oxygen atoms in total. The van der Waals surface area contributed by atoms with Crippen LogP contribution in [0.3, 0.4) is 0 Å². The molecule has 2 aromatic heterocycles. The minimum absolute atomic E-state index is 0.171. The Morgan fingerprint density at radius 3 is 2.72 bits per heavy atom. The van der Waals surface area contributed by atoms with Gasteiger partial charge in [0.2, 0.25) is 6.23 Å². The molecule has 11 heteroatoms. The molecule has 2 aromatic carbocycles. The molecule has 0 saturated heterocycles. The van der Waals surface area contributed by atoms with Crippen LogP contribution in [0, 0.1) is 3.57 Å². The second kappa shape index (κ2) is 8.76. The molecule has 0 aliphatic carbocycles. The smallest absolute Gasteiger partial charge is 0.339 e. The molecule has 1 unspecified atom stereocenters. The predicted molar refractivity (Wildman–Crippen MR) is 130 cm³/mol. The van der Waals surface area contributed by atoms with Gasteiger partial charge in [-0.25, -0.2) is 9.78 Å². The van der Waals surface area contributed by atoms with Crippen LogP contribution in [0.4, 0.5) is 10.8 Å². The number of carboxylic acids is 1. The Labute approximate surface area is 199 Å². The summed E-state index contributed by atoms with van der Waals surface area (Å²) in [6, 6.07) is 9.94. The van der Waals surface area contributed by atoms with Crippen LogP contribution >= 0.6 is 33.9 Å². The maximum Gasteiger partial charge on any atom is 0.339 e.